The van der Waals surface area contributed by atoms with E-state index in [2.05, 4.69) is 18.7 Å². The minimum absolute atomic E-state index is 0.214. The Labute approximate surface area is 175 Å². The maximum absolute atomic E-state index is 11.5. The van der Waals surface area contributed by atoms with E-state index in [1.807, 2.05) is 0 Å². The van der Waals surface area contributed by atoms with Crippen molar-refractivity contribution >= 4 is 6.09 Å². The Bertz CT molecular complexity index is 358. The summed E-state index contributed by atoms with van der Waals surface area (Å²) in [5.74, 6) is 0. The van der Waals surface area contributed by atoms with E-state index < -0.39 is 6.09 Å². The van der Waals surface area contributed by atoms with Crippen LogP contribution in [-0.2, 0) is 0 Å². The predicted molar refractivity (Wildman–Crippen MR) is 120 cm³/mol. The summed E-state index contributed by atoms with van der Waals surface area (Å²) in [6, 6.07) is 0.214. The fourth-order valence-electron chi connectivity index (χ4n) is 4.45. The van der Waals surface area contributed by atoms with Crippen molar-refractivity contribution in [3.05, 3.63) is 0 Å². The fraction of sp³-hybridized carbons (Fsp3) is 0.958. The van der Waals surface area contributed by atoms with Crippen LogP contribution in [0.3, 0.4) is 0 Å². The lowest BCUT2D eigenvalue weighted by atomic mass is 10.1. The van der Waals surface area contributed by atoms with Crippen LogP contribution in [0.15, 0.2) is 0 Å². The van der Waals surface area contributed by atoms with Gasteiger partial charge in [0.2, 0.25) is 0 Å². The molecular weight excluding hydrogens is 348 g/mol. The smallest absolute Gasteiger partial charge is 0.407 e. The lowest BCUT2D eigenvalue weighted by Gasteiger charge is -2.29. The van der Waals surface area contributed by atoms with Crippen LogP contribution in [0, 0.1) is 0 Å². The summed E-state index contributed by atoms with van der Waals surface area (Å²) in [7, 11) is 0. The molecule has 1 aliphatic heterocycles. The van der Waals surface area contributed by atoms with Gasteiger partial charge in [-0.1, -0.05) is 90.9 Å². The zero-order chi connectivity index (χ0) is 20.5. The molecule has 1 N–H and O–H groups in total. The molecule has 0 aromatic rings. The Morgan fingerprint density at radius 3 is 1.75 bits per heavy atom. The van der Waals surface area contributed by atoms with Gasteiger partial charge in [0.1, 0.15) is 0 Å². The molecule has 1 heterocycles. The second kappa shape index (κ2) is 17.1. The molecule has 0 saturated carbocycles. The zero-order valence-corrected chi connectivity index (χ0v) is 19.0. The number of carboxylic acid groups (broad SMARTS) is 1. The number of likely N-dealkylation sites (tertiary alicyclic amines) is 1. The van der Waals surface area contributed by atoms with Crippen molar-refractivity contribution in [1.82, 2.24) is 9.80 Å². The molecule has 1 fully saturated rings. The third kappa shape index (κ3) is 11.9. The standard InChI is InChI=1S/C24H48N2O2/c1-3-5-7-9-11-13-15-19-25(20-16-14-12-10-8-6-4-2)22-23-18-17-21-26(23)24(27)28/h23H,3-22H2,1-2H3,(H,27,28). The van der Waals surface area contributed by atoms with E-state index in [1.165, 1.54) is 89.9 Å². The van der Waals surface area contributed by atoms with Gasteiger partial charge >= 0.3 is 6.09 Å². The fourth-order valence-corrected chi connectivity index (χ4v) is 4.45. The van der Waals surface area contributed by atoms with E-state index in [0.29, 0.717) is 0 Å². The Balaban J connectivity index is 2.29. The molecule has 1 rings (SSSR count). The molecule has 1 unspecified atom stereocenters. The highest BCUT2D eigenvalue weighted by atomic mass is 16.4. The first kappa shape index (κ1) is 25.3. The maximum atomic E-state index is 11.5. The summed E-state index contributed by atoms with van der Waals surface area (Å²) in [6.07, 6.45) is 20.1. The molecule has 0 spiro atoms. The van der Waals surface area contributed by atoms with Crippen LogP contribution in [0.5, 0.6) is 0 Å². The van der Waals surface area contributed by atoms with E-state index in [9.17, 15) is 9.90 Å². The highest BCUT2D eigenvalue weighted by molar-refractivity contribution is 5.65. The van der Waals surface area contributed by atoms with Crippen molar-refractivity contribution < 1.29 is 9.90 Å². The van der Waals surface area contributed by atoms with Crippen LogP contribution in [0.25, 0.3) is 0 Å². The highest BCUT2D eigenvalue weighted by Gasteiger charge is 2.29. The molecule has 28 heavy (non-hydrogen) atoms. The molecule has 1 saturated heterocycles. The van der Waals surface area contributed by atoms with Gasteiger partial charge in [0.15, 0.2) is 0 Å². The molecular formula is C24H48N2O2. The predicted octanol–water partition coefficient (Wildman–Crippen LogP) is 6.93. The van der Waals surface area contributed by atoms with Gasteiger partial charge in [-0.25, -0.2) is 4.79 Å². The lowest BCUT2D eigenvalue weighted by molar-refractivity contribution is 0.123. The van der Waals surface area contributed by atoms with Crippen molar-refractivity contribution in [2.75, 3.05) is 26.2 Å². The van der Waals surface area contributed by atoms with Gasteiger partial charge in [0, 0.05) is 19.1 Å². The van der Waals surface area contributed by atoms with Gasteiger partial charge in [-0.15, -0.1) is 0 Å². The average molecular weight is 397 g/mol. The summed E-state index contributed by atoms with van der Waals surface area (Å²) in [5.41, 5.74) is 0. The number of unbranched alkanes of at least 4 members (excludes halogenated alkanes) is 12. The summed E-state index contributed by atoms with van der Waals surface area (Å²) in [4.78, 5) is 15.7. The summed E-state index contributed by atoms with van der Waals surface area (Å²) >= 11 is 0. The second-order valence-corrected chi connectivity index (χ2v) is 8.82. The number of amides is 1. The van der Waals surface area contributed by atoms with Crippen LogP contribution < -0.4 is 0 Å². The highest BCUT2D eigenvalue weighted by Crippen LogP contribution is 2.19. The minimum atomic E-state index is -0.728. The Morgan fingerprint density at radius 2 is 1.29 bits per heavy atom. The molecule has 1 atom stereocenters. The first-order valence-electron chi connectivity index (χ1n) is 12.4. The first-order chi connectivity index (χ1) is 13.7. The van der Waals surface area contributed by atoms with Crippen LogP contribution in [0.1, 0.15) is 117 Å². The topological polar surface area (TPSA) is 43.8 Å². The van der Waals surface area contributed by atoms with Crippen molar-refractivity contribution in [2.45, 2.75) is 123 Å². The normalized spacial score (nSPS) is 17.0. The van der Waals surface area contributed by atoms with E-state index in [4.69, 9.17) is 0 Å². The SMILES string of the molecule is CCCCCCCCCN(CCCCCCCCC)CC1CCCN1C(=O)O. The maximum Gasteiger partial charge on any atom is 0.407 e. The van der Waals surface area contributed by atoms with Crippen LogP contribution in [0.4, 0.5) is 4.79 Å². The van der Waals surface area contributed by atoms with E-state index in [0.717, 1.165) is 39.0 Å². The minimum Gasteiger partial charge on any atom is -0.465 e. The summed E-state index contributed by atoms with van der Waals surface area (Å²) in [5, 5.41) is 9.44. The van der Waals surface area contributed by atoms with Crippen molar-refractivity contribution in [3.8, 4) is 0 Å². The molecule has 0 bridgehead atoms. The summed E-state index contributed by atoms with van der Waals surface area (Å²) in [6.45, 7) is 8.50. The van der Waals surface area contributed by atoms with Gasteiger partial charge < -0.3 is 14.9 Å². The molecule has 1 aliphatic rings. The third-order valence-corrected chi connectivity index (χ3v) is 6.25. The Morgan fingerprint density at radius 1 is 0.821 bits per heavy atom. The van der Waals surface area contributed by atoms with E-state index in [1.54, 1.807) is 4.90 Å². The van der Waals surface area contributed by atoms with Crippen LogP contribution >= 0.6 is 0 Å². The number of rotatable bonds is 18. The van der Waals surface area contributed by atoms with Crippen LogP contribution in [-0.4, -0.2) is 53.2 Å². The first-order valence-corrected chi connectivity index (χ1v) is 12.4. The number of carbonyl (C=O) groups is 1. The average Bonchev–Trinajstić information content (AvgIpc) is 3.14. The Hall–Kier alpha value is -0.770. The van der Waals surface area contributed by atoms with Gasteiger partial charge in [-0.05, 0) is 38.8 Å². The largest absolute Gasteiger partial charge is 0.465 e. The van der Waals surface area contributed by atoms with E-state index in [-0.39, 0.29) is 6.04 Å². The van der Waals surface area contributed by atoms with Gasteiger partial charge in [0.05, 0.1) is 0 Å². The molecule has 0 aromatic carbocycles. The summed E-state index contributed by atoms with van der Waals surface area (Å²) < 4.78 is 0. The number of hydrogen-bond acceptors (Lipinski definition) is 2. The van der Waals surface area contributed by atoms with Gasteiger partial charge in [-0.3, -0.25) is 0 Å². The molecule has 4 heteroatoms. The van der Waals surface area contributed by atoms with Crippen molar-refractivity contribution in [3.63, 3.8) is 0 Å². The third-order valence-electron chi connectivity index (χ3n) is 6.25. The zero-order valence-electron chi connectivity index (χ0n) is 19.0. The second-order valence-electron chi connectivity index (χ2n) is 8.82. The molecule has 4 nitrogen and oxygen atoms in total. The van der Waals surface area contributed by atoms with Crippen molar-refractivity contribution in [2.24, 2.45) is 0 Å². The lowest BCUT2D eigenvalue weighted by Crippen LogP contribution is -2.43. The molecule has 1 amide bonds. The van der Waals surface area contributed by atoms with E-state index >= 15 is 0 Å². The quantitative estimate of drug-likeness (QED) is 0.255. The Kier molecular flexibility index (Phi) is 15.4. The van der Waals surface area contributed by atoms with Crippen LogP contribution in [0.2, 0.25) is 0 Å². The number of hydrogen-bond donors (Lipinski definition) is 1. The van der Waals surface area contributed by atoms with Gasteiger partial charge in [-0.2, -0.15) is 0 Å². The molecule has 0 aliphatic carbocycles. The monoisotopic (exact) mass is 396 g/mol. The van der Waals surface area contributed by atoms with Crippen molar-refractivity contribution in [1.29, 1.82) is 0 Å². The molecule has 0 radical (unpaired) electrons. The number of nitrogens with zero attached hydrogens (tertiary/aromatic N) is 2. The molecule has 0 aromatic heterocycles. The van der Waals surface area contributed by atoms with Gasteiger partial charge in [0.25, 0.3) is 0 Å². The molecule has 166 valence electrons.